The standard InChI is InChI=1S/C23H23N3O2/c24-15-17-7-8-21-20(14-17)18(16-26-21)4-1-2-10-25-11-13-28-23-6-3-5-22-19(23)9-12-27-22/h3,5-9,12,14,16,25-26H,1-2,4,10-11,13H2. The number of H-pyrrole nitrogens is 1. The van der Waals surface area contributed by atoms with E-state index in [-0.39, 0.29) is 0 Å². The van der Waals surface area contributed by atoms with Gasteiger partial charge < -0.3 is 19.5 Å². The van der Waals surface area contributed by atoms with Crippen molar-refractivity contribution in [1.29, 1.82) is 5.26 Å². The number of hydrogen-bond acceptors (Lipinski definition) is 4. The highest BCUT2D eigenvalue weighted by atomic mass is 16.5. The van der Waals surface area contributed by atoms with Gasteiger partial charge in [0.05, 0.1) is 23.3 Å². The number of aromatic nitrogens is 1. The highest BCUT2D eigenvalue weighted by molar-refractivity contribution is 5.84. The van der Waals surface area contributed by atoms with Gasteiger partial charge in [-0.25, -0.2) is 0 Å². The lowest BCUT2D eigenvalue weighted by atomic mass is 10.1. The topological polar surface area (TPSA) is 74.0 Å². The lowest BCUT2D eigenvalue weighted by Crippen LogP contribution is -2.22. The molecule has 0 aliphatic rings. The zero-order chi connectivity index (χ0) is 19.2. The number of furan rings is 1. The minimum Gasteiger partial charge on any atom is -0.491 e. The highest BCUT2D eigenvalue weighted by Gasteiger charge is 2.05. The summed E-state index contributed by atoms with van der Waals surface area (Å²) in [6.07, 6.45) is 6.96. The van der Waals surface area contributed by atoms with Crippen molar-refractivity contribution in [2.45, 2.75) is 19.3 Å². The fourth-order valence-electron chi connectivity index (χ4n) is 3.47. The van der Waals surface area contributed by atoms with Crippen LogP contribution in [-0.2, 0) is 6.42 Å². The van der Waals surface area contributed by atoms with Crippen LogP contribution in [0.3, 0.4) is 0 Å². The van der Waals surface area contributed by atoms with Gasteiger partial charge in [-0.1, -0.05) is 6.07 Å². The predicted octanol–water partition coefficient (Wildman–Crippen LogP) is 4.78. The Kier molecular flexibility index (Phi) is 5.60. The van der Waals surface area contributed by atoms with Gasteiger partial charge >= 0.3 is 0 Å². The van der Waals surface area contributed by atoms with Gasteiger partial charge in [0.15, 0.2) is 0 Å². The van der Waals surface area contributed by atoms with Crippen molar-refractivity contribution >= 4 is 21.9 Å². The van der Waals surface area contributed by atoms with Crippen LogP contribution in [0.4, 0.5) is 0 Å². The summed E-state index contributed by atoms with van der Waals surface area (Å²) in [4.78, 5) is 3.29. The molecule has 0 radical (unpaired) electrons. The number of aromatic amines is 1. The van der Waals surface area contributed by atoms with Crippen molar-refractivity contribution in [1.82, 2.24) is 10.3 Å². The smallest absolute Gasteiger partial charge is 0.137 e. The Balaban J connectivity index is 1.16. The third kappa shape index (κ3) is 4.03. The molecule has 28 heavy (non-hydrogen) atoms. The minimum absolute atomic E-state index is 0.629. The summed E-state index contributed by atoms with van der Waals surface area (Å²) in [6.45, 7) is 2.40. The van der Waals surface area contributed by atoms with Crippen molar-refractivity contribution in [3.63, 3.8) is 0 Å². The molecule has 4 aromatic rings. The van der Waals surface area contributed by atoms with Gasteiger partial charge in [-0.05, 0) is 67.8 Å². The Bertz CT molecular complexity index is 1100. The summed E-state index contributed by atoms with van der Waals surface area (Å²) in [5, 5.41) is 14.7. The SMILES string of the molecule is N#Cc1ccc2[nH]cc(CCCCNCCOc3cccc4occc34)c2c1. The van der Waals surface area contributed by atoms with Crippen LogP contribution in [0.5, 0.6) is 5.75 Å². The number of hydrogen-bond donors (Lipinski definition) is 2. The number of nitrogens with zero attached hydrogens (tertiary/aromatic N) is 1. The van der Waals surface area contributed by atoms with Crippen molar-refractivity contribution in [2.24, 2.45) is 0 Å². The monoisotopic (exact) mass is 373 g/mol. The Labute approximate surface area is 163 Å². The molecule has 4 rings (SSSR count). The molecule has 0 spiro atoms. The minimum atomic E-state index is 0.629. The maximum absolute atomic E-state index is 9.07. The van der Waals surface area contributed by atoms with Gasteiger partial charge in [-0.3, -0.25) is 0 Å². The average molecular weight is 373 g/mol. The maximum Gasteiger partial charge on any atom is 0.137 e. The number of ether oxygens (including phenoxy) is 1. The fourth-order valence-corrected chi connectivity index (χ4v) is 3.47. The van der Waals surface area contributed by atoms with Crippen molar-refractivity contribution in [3.8, 4) is 11.8 Å². The molecule has 0 amide bonds. The number of unbranched alkanes of at least 4 members (excludes halogenated alkanes) is 1. The Morgan fingerprint density at radius 3 is 2.96 bits per heavy atom. The van der Waals surface area contributed by atoms with E-state index in [4.69, 9.17) is 14.4 Å². The van der Waals surface area contributed by atoms with Crippen LogP contribution in [0, 0.1) is 11.3 Å². The normalized spacial score (nSPS) is 11.1. The molecule has 2 N–H and O–H groups in total. The van der Waals surface area contributed by atoms with Gasteiger partial charge in [-0.15, -0.1) is 0 Å². The number of nitriles is 1. The molecule has 0 saturated heterocycles. The molecule has 5 heteroatoms. The third-order valence-electron chi connectivity index (χ3n) is 4.94. The Morgan fingerprint density at radius 1 is 1.07 bits per heavy atom. The molecular weight excluding hydrogens is 350 g/mol. The van der Waals surface area contributed by atoms with Crippen LogP contribution in [0.25, 0.3) is 21.9 Å². The molecule has 142 valence electrons. The van der Waals surface area contributed by atoms with Crippen molar-refractivity contribution in [2.75, 3.05) is 19.7 Å². The summed E-state index contributed by atoms with van der Waals surface area (Å²) >= 11 is 0. The van der Waals surface area contributed by atoms with Gasteiger partial charge in [0, 0.05) is 23.6 Å². The number of aryl methyl sites for hydroxylation is 1. The molecule has 0 atom stereocenters. The van der Waals surface area contributed by atoms with Crippen molar-refractivity contribution < 1.29 is 9.15 Å². The molecule has 2 aromatic carbocycles. The van der Waals surface area contributed by atoms with E-state index in [9.17, 15) is 0 Å². The Hall–Kier alpha value is -3.23. The molecule has 2 aromatic heterocycles. The number of nitrogens with one attached hydrogen (secondary N) is 2. The van der Waals surface area contributed by atoms with E-state index < -0.39 is 0 Å². The molecule has 2 heterocycles. The van der Waals surface area contributed by atoms with Gasteiger partial charge in [0.25, 0.3) is 0 Å². The van der Waals surface area contributed by atoms with Gasteiger partial charge in [0.1, 0.15) is 17.9 Å². The molecular formula is C23H23N3O2. The first kappa shape index (κ1) is 18.1. The second kappa shape index (κ2) is 8.64. The summed E-state index contributed by atoms with van der Waals surface area (Å²) in [5.41, 5.74) is 3.94. The number of benzene rings is 2. The van der Waals surface area contributed by atoms with Gasteiger partial charge in [0.2, 0.25) is 0 Å². The van der Waals surface area contributed by atoms with E-state index in [1.807, 2.05) is 42.5 Å². The zero-order valence-electron chi connectivity index (χ0n) is 15.7. The first-order valence-electron chi connectivity index (χ1n) is 9.65. The molecule has 0 aliphatic carbocycles. The molecule has 0 fully saturated rings. The van der Waals surface area contributed by atoms with Crippen molar-refractivity contribution in [3.05, 3.63) is 66.1 Å². The van der Waals surface area contributed by atoms with Crippen LogP contribution in [-0.4, -0.2) is 24.7 Å². The second-order valence-corrected chi connectivity index (χ2v) is 6.83. The van der Waals surface area contributed by atoms with Crippen LogP contribution in [0.1, 0.15) is 24.0 Å². The van der Waals surface area contributed by atoms with Crippen LogP contribution in [0.15, 0.2) is 59.3 Å². The highest BCUT2D eigenvalue weighted by Crippen LogP contribution is 2.26. The van der Waals surface area contributed by atoms with E-state index in [0.717, 1.165) is 60.0 Å². The quantitative estimate of drug-likeness (QED) is 0.414. The number of fused-ring (bicyclic) bond motifs is 2. The molecule has 0 saturated carbocycles. The summed E-state index contributed by atoms with van der Waals surface area (Å²) in [6, 6.07) is 15.8. The lowest BCUT2D eigenvalue weighted by Gasteiger charge is -2.08. The molecule has 0 bridgehead atoms. The van der Waals surface area contributed by atoms with Crippen LogP contribution in [0.2, 0.25) is 0 Å². The molecule has 0 unspecified atom stereocenters. The van der Waals surface area contributed by atoms with E-state index in [0.29, 0.717) is 12.2 Å². The summed E-state index contributed by atoms with van der Waals surface area (Å²) in [5.74, 6) is 0.865. The van der Waals surface area contributed by atoms with E-state index in [1.54, 1.807) is 6.26 Å². The maximum atomic E-state index is 9.07. The van der Waals surface area contributed by atoms with E-state index >= 15 is 0 Å². The molecule has 0 aliphatic heterocycles. The Morgan fingerprint density at radius 2 is 2.04 bits per heavy atom. The van der Waals surface area contributed by atoms with Gasteiger partial charge in [-0.2, -0.15) is 5.26 Å². The van der Waals surface area contributed by atoms with Crippen LogP contribution < -0.4 is 10.1 Å². The number of rotatable bonds is 9. The summed E-state index contributed by atoms with van der Waals surface area (Å²) in [7, 11) is 0. The second-order valence-electron chi connectivity index (χ2n) is 6.83. The first-order chi connectivity index (χ1) is 13.8. The van der Waals surface area contributed by atoms with E-state index in [2.05, 4.69) is 22.6 Å². The summed E-state index contributed by atoms with van der Waals surface area (Å²) < 4.78 is 11.2. The predicted molar refractivity (Wildman–Crippen MR) is 111 cm³/mol. The largest absolute Gasteiger partial charge is 0.491 e. The zero-order valence-corrected chi connectivity index (χ0v) is 15.7. The van der Waals surface area contributed by atoms with Crippen LogP contribution >= 0.6 is 0 Å². The average Bonchev–Trinajstić information content (AvgIpc) is 3.37. The molecule has 5 nitrogen and oxygen atoms in total. The lowest BCUT2D eigenvalue weighted by molar-refractivity contribution is 0.317. The first-order valence-corrected chi connectivity index (χ1v) is 9.65. The third-order valence-corrected chi connectivity index (χ3v) is 4.94. The fraction of sp³-hybridized carbons (Fsp3) is 0.261. The van der Waals surface area contributed by atoms with E-state index in [1.165, 1.54) is 5.56 Å².